The van der Waals surface area contributed by atoms with E-state index in [-0.39, 0.29) is 5.75 Å². The van der Waals surface area contributed by atoms with Crippen LogP contribution in [0.2, 0.25) is 0 Å². The van der Waals surface area contributed by atoms with Crippen LogP contribution >= 0.6 is 0 Å². The number of anilines is 1. The number of hydrogen-bond donors (Lipinski definition) is 1. The van der Waals surface area contributed by atoms with Crippen molar-refractivity contribution in [3.05, 3.63) is 94.2 Å². The number of aryl methyl sites for hydroxylation is 2. The average molecular weight is 455 g/mol. The van der Waals surface area contributed by atoms with Crippen LogP contribution in [-0.2, 0) is 17.6 Å². The summed E-state index contributed by atoms with van der Waals surface area (Å²) in [5.74, 6) is -0.520. The molecule has 1 aliphatic rings. The standard InChI is InChI=1S/C25H21N5O4/c31-24(16-34-22-10-5-13-26-25(22)30(32)33)27-23-15-21(28-29(23)20-8-2-1-3-9-20)19-12-11-17-6-4-7-18(17)14-19/h1-3,5,8-15H,4,6-7,16H2,(H,27,31). The maximum Gasteiger partial charge on any atom is 0.406 e. The highest BCUT2D eigenvalue weighted by Gasteiger charge is 2.19. The van der Waals surface area contributed by atoms with Gasteiger partial charge in [0.15, 0.2) is 6.61 Å². The number of nitro groups is 1. The molecule has 2 aromatic heterocycles. The molecule has 0 radical (unpaired) electrons. The molecule has 2 heterocycles. The number of pyridine rings is 1. The van der Waals surface area contributed by atoms with Gasteiger partial charge in [0.1, 0.15) is 12.0 Å². The third-order valence-electron chi connectivity index (χ3n) is 5.65. The minimum absolute atomic E-state index is 0.0713. The zero-order valence-corrected chi connectivity index (χ0v) is 18.2. The van der Waals surface area contributed by atoms with Gasteiger partial charge in [-0.05, 0) is 70.6 Å². The van der Waals surface area contributed by atoms with E-state index in [1.165, 1.54) is 29.5 Å². The number of ether oxygens (including phenoxy) is 1. The second kappa shape index (κ2) is 9.14. The van der Waals surface area contributed by atoms with Gasteiger partial charge in [-0.25, -0.2) is 4.68 Å². The highest BCUT2D eigenvalue weighted by Crippen LogP contribution is 2.30. The van der Waals surface area contributed by atoms with E-state index in [1.54, 1.807) is 4.68 Å². The fraction of sp³-hybridized carbons (Fsp3) is 0.160. The summed E-state index contributed by atoms with van der Waals surface area (Å²) >= 11 is 0. The number of hydrogen-bond acceptors (Lipinski definition) is 6. The van der Waals surface area contributed by atoms with E-state index in [2.05, 4.69) is 28.5 Å². The summed E-state index contributed by atoms with van der Waals surface area (Å²) in [5.41, 5.74) is 5.21. The van der Waals surface area contributed by atoms with Crippen LogP contribution in [0.15, 0.2) is 72.9 Å². The van der Waals surface area contributed by atoms with Crippen LogP contribution in [0.25, 0.3) is 16.9 Å². The lowest BCUT2D eigenvalue weighted by Gasteiger charge is -2.09. The molecular weight excluding hydrogens is 434 g/mol. The molecule has 0 unspecified atom stereocenters. The predicted octanol–water partition coefficient (Wildman–Crippen LogP) is 4.35. The Morgan fingerprint density at radius 2 is 1.88 bits per heavy atom. The lowest BCUT2D eigenvalue weighted by atomic mass is 10.0. The second-order valence-corrected chi connectivity index (χ2v) is 7.92. The Hall–Kier alpha value is -4.53. The van der Waals surface area contributed by atoms with Gasteiger partial charge in [0, 0.05) is 11.6 Å². The fourth-order valence-electron chi connectivity index (χ4n) is 4.06. The Kier molecular flexibility index (Phi) is 5.73. The van der Waals surface area contributed by atoms with Crippen LogP contribution in [0, 0.1) is 10.1 Å². The van der Waals surface area contributed by atoms with Crippen molar-refractivity contribution < 1.29 is 14.5 Å². The number of fused-ring (bicyclic) bond motifs is 1. The van der Waals surface area contributed by atoms with E-state index in [0.717, 1.165) is 36.2 Å². The topological polar surface area (TPSA) is 112 Å². The molecule has 5 rings (SSSR count). The van der Waals surface area contributed by atoms with Gasteiger partial charge in [-0.1, -0.05) is 30.3 Å². The van der Waals surface area contributed by atoms with Crippen LogP contribution < -0.4 is 10.1 Å². The van der Waals surface area contributed by atoms with Gasteiger partial charge in [0.25, 0.3) is 5.91 Å². The van der Waals surface area contributed by atoms with Crippen molar-refractivity contribution in [3.8, 4) is 22.7 Å². The molecule has 1 amide bonds. The molecule has 9 nitrogen and oxygen atoms in total. The number of aromatic nitrogens is 3. The molecule has 1 N–H and O–H groups in total. The molecule has 2 aromatic carbocycles. The van der Waals surface area contributed by atoms with Gasteiger partial charge in [0.05, 0.1) is 11.4 Å². The van der Waals surface area contributed by atoms with Gasteiger partial charge in [-0.15, -0.1) is 0 Å². The first-order valence-electron chi connectivity index (χ1n) is 10.9. The monoisotopic (exact) mass is 455 g/mol. The third kappa shape index (κ3) is 4.36. The Morgan fingerprint density at radius 3 is 2.71 bits per heavy atom. The summed E-state index contributed by atoms with van der Waals surface area (Å²) in [7, 11) is 0. The van der Waals surface area contributed by atoms with E-state index in [1.807, 2.05) is 36.4 Å². The largest absolute Gasteiger partial charge is 0.476 e. The van der Waals surface area contributed by atoms with E-state index < -0.39 is 23.3 Å². The molecule has 170 valence electrons. The summed E-state index contributed by atoms with van der Waals surface area (Å²) in [5, 5.41) is 18.7. The zero-order valence-electron chi connectivity index (χ0n) is 18.2. The Balaban J connectivity index is 1.40. The molecule has 34 heavy (non-hydrogen) atoms. The van der Waals surface area contributed by atoms with Gasteiger partial charge in [0.2, 0.25) is 5.75 Å². The van der Waals surface area contributed by atoms with E-state index in [9.17, 15) is 14.9 Å². The van der Waals surface area contributed by atoms with Crippen LogP contribution in [-0.4, -0.2) is 32.2 Å². The molecule has 0 atom stereocenters. The number of carbonyl (C=O) groups is 1. The molecule has 0 aliphatic heterocycles. The first-order valence-corrected chi connectivity index (χ1v) is 10.9. The van der Waals surface area contributed by atoms with Crippen molar-refractivity contribution in [2.75, 3.05) is 11.9 Å². The maximum absolute atomic E-state index is 12.7. The molecular formula is C25H21N5O4. The lowest BCUT2D eigenvalue weighted by Crippen LogP contribution is -2.22. The van der Waals surface area contributed by atoms with Gasteiger partial charge < -0.3 is 20.2 Å². The Morgan fingerprint density at radius 1 is 1.06 bits per heavy atom. The van der Waals surface area contributed by atoms with Gasteiger partial charge in [-0.2, -0.15) is 5.10 Å². The van der Waals surface area contributed by atoms with Crippen molar-refractivity contribution in [1.29, 1.82) is 0 Å². The summed E-state index contributed by atoms with van der Waals surface area (Å²) in [6, 6.07) is 20.6. The number of carbonyl (C=O) groups excluding carboxylic acids is 1. The molecule has 0 fully saturated rings. The number of nitrogens with one attached hydrogen (secondary N) is 1. The van der Waals surface area contributed by atoms with Crippen LogP contribution in [0.1, 0.15) is 17.5 Å². The van der Waals surface area contributed by atoms with E-state index in [0.29, 0.717) is 5.82 Å². The molecule has 1 aliphatic carbocycles. The predicted molar refractivity (Wildman–Crippen MR) is 126 cm³/mol. The number of rotatable bonds is 7. The first-order chi connectivity index (χ1) is 16.6. The molecule has 4 aromatic rings. The van der Waals surface area contributed by atoms with Crippen molar-refractivity contribution in [2.24, 2.45) is 0 Å². The Bertz CT molecular complexity index is 1370. The molecule has 0 spiro atoms. The fourth-order valence-corrected chi connectivity index (χ4v) is 4.06. The van der Waals surface area contributed by atoms with Crippen molar-refractivity contribution in [2.45, 2.75) is 19.3 Å². The normalized spacial score (nSPS) is 12.2. The average Bonchev–Trinajstić information content (AvgIpc) is 3.50. The number of para-hydroxylation sites is 1. The summed E-state index contributed by atoms with van der Waals surface area (Å²) in [4.78, 5) is 26.8. The summed E-state index contributed by atoms with van der Waals surface area (Å²) in [6.45, 7) is -0.416. The summed E-state index contributed by atoms with van der Waals surface area (Å²) < 4.78 is 7.03. The number of nitrogens with zero attached hydrogens (tertiary/aromatic N) is 4. The summed E-state index contributed by atoms with van der Waals surface area (Å²) in [6.07, 6.45) is 4.62. The van der Waals surface area contributed by atoms with Crippen LogP contribution in [0.3, 0.4) is 0 Å². The van der Waals surface area contributed by atoms with E-state index in [4.69, 9.17) is 9.84 Å². The molecule has 9 heteroatoms. The van der Waals surface area contributed by atoms with Gasteiger partial charge in [-0.3, -0.25) is 4.79 Å². The van der Waals surface area contributed by atoms with Crippen molar-refractivity contribution >= 4 is 17.5 Å². The highest BCUT2D eigenvalue weighted by atomic mass is 16.6. The molecule has 0 saturated heterocycles. The van der Waals surface area contributed by atoms with Gasteiger partial charge >= 0.3 is 5.82 Å². The Labute approximate surface area is 195 Å². The minimum atomic E-state index is -0.652. The minimum Gasteiger partial charge on any atom is -0.476 e. The number of amides is 1. The van der Waals surface area contributed by atoms with Crippen LogP contribution in [0.5, 0.6) is 5.75 Å². The SMILES string of the molecule is O=C(COc1cccnc1[N+](=O)[O-])Nc1cc(-c2ccc3c(c2)CCC3)nn1-c1ccccc1. The molecule has 0 saturated carbocycles. The lowest BCUT2D eigenvalue weighted by molar-refractivity contribution is -0.390. The second-order valence-electron chi connectivity index (χ2n) is 7.92. The maximum atomic E-state index is 12.7. The van der Waals surface area contributed by atoms with Crippen LogP contribution in [0.4, 0.5) is 11.6 Å². The van der Waals surface area contributed by atoms with Crippen molar-refractivity contribution in [1.82, 2.24) is 14.8 Å². The first kappa shape index (κ1) is 21.3. The smallest absolute Gasteiger partial charge is 0.406 e. The number of benzene rings is 2. The molecule has 0 bridgehead atoms. The highest BCUT2D eigenvalue weighted by molar-refractivity contribution is 5.92. The zero-order chi connectivity index (χ0) is 23.5. The van der Waals surface area contributed by atoms with E-state index >= 15 is 0 Å². The quantitative estimate of drug-likeness (QED) is 0.328. The van der Waals surface area contributed by atoms with Crippen molar-refractivity contribution in [3.63, 3.8) is 0 Å². The third-order valence-corrected chi connectivity index (χ3v) is 5.65.